The molecule has 1 heterocycles. The van der Waals surface area contributed by atoms with Crippen LogP contribution in [0.3, 0.4) is 0 Å². The van der Waals surface area contributed by atoms with Gasteiger partial charge in [0.1, 0.15) is 0 Å². The molecule has 1 aromatic carbocycles. The number of nitrogens with one attached hydrogen (secondary N) is 1. The molecule has 0 saturated heterocycles. The first-order chi connectivity index (χ1) is 9.65. The molecule has 1 amide bonds. The highest BCUT2D eigenvalue weighted by Gasteiger charge is 2.35. The molecular formula is C15H20N4O. The summed E-state index contributed by atoms with van der Waals surface area (Å²) in [6.45, 7) is 0.490. The van der Waals surface area contributed by atoms with Gasteiger partial charge in [0.15, 0.2) is 5.69 Å². The third-order valence-corrected chi connectivity index (χ3v) is 4.30. The maximum Gasteiger partial charge on any atom is 0.272 e. The van der Waals surface area contributed by atoms with E-state index in [4.69, 9.17) is 5.73 Å². The normalized spacial score (nSPS) is 17.5. The third kappa shape index (κ3) is 2.08. The van der Waals surface area contributed by atoms with Gasteiger partial charge in [-0.05, 0) is 18.9 Å². The van der Waals surface area contributed by atoms with Crippen LogP contribution < -0.4 is 11.1 Å². The second-order valence-electron chi connectivity index (χ2n) is 5.64. The lowest BCUT2D eigenvalue weighted by molar-refractivity contribution is 0.0899. The topological polar surface area (TPSA) is 72.9 Å². The Labute approximate surface area is 118 Å². The first kappa shape index (κ1) is 13.1. The van der Waals surface area contributed by atoms with Gasteiger partial charge in [-0.1, -0.05) is 31.0 Å². The number of aromatic nitrogens is 2. The Morgan fingerprint density at radius 1 is 1.40 bits per heavy atom. The van der Waals surface area contributed by atoms with Crippen molar-refractivity contribution < 1.29 is 4.79 Å². The van der Waals surface area contributed by atoms with Gasteiger partial charge in [-0.25, -0.2) is 0 Å². The number of nitrogens with two attached hydrogens (primary N) is 1. The average molecular weight is 272 g/mol. The van der Waals surface area contributed by atoms with Crippen LogP contribution in [0.5, 0.6) is 0 Å². The lowest BCUT2D eigenvalue weighted by Crippen LogP contribution is -2.51. The summed E-state index contributed by atoms with van der Waals surface area (Å²) in [5.74, 6) is -0.117. The molecule has 0 atom stereocenters. The third-order valence-electron chi connectivity index (χ3n) is 4.30. The molecule has 0 radical (unpaired) electrons. The van der Waals surface area contributed by atoms with Crippen molar-refractivity contribution in [2.75, 3.05) is 6.54 Å². The number of amides is 1. The van der Waals surface area contributed by atoms with E-state index in [1.165, 1.54) is 0 Å². The molecular weight excluding hydrogens is 252 g/mol. The molecule has 1 fully saturated rings. The largest absolute Gasteiger partial charge is 0.344 e. The van der Waals surface area contributed by atoms with E-state index in [1.54, 1.807) is 4.68 Å². The van der Waals surface area contributed by atoms with Crippen molar-refractivity contribution in [3.8, 4) is 0 Å². The molecule has 0 unspecified atom stereocenters. The van der Waals surface area contributed by atoms with Gasteiger partial charge in [0, 0.05) is 19.0 Å². The van der Waals surface area contributed by atoms with Crippen molar-refractivity contribution >= 4 is 16.8 Å². The number of carbonyl (C=O) groups excluding carboxylic acids is 1. The van der Waals surface area contributed by atoms with Crippen LogP contribution >= 0.6 is 0 Å². The summed E-state index contributed by atoms with van der Waals surface area (Å²) in [4.78, 5) is 12.5. The van der Waals surface area contributed by atoms with Crippen LogP contribution in [0.4, 0.5) is 0 Å². The number of hydrogen-bond acceptors (Lipinski definition) is 3. The molecule has 0 bridgehead atoms. The number of benzene rings is 1. The van der Waals surface area contributed by atoms with E-state index in [1.807, 2.05) is 31.3 Å². The predicted molar refractivity (Wildman–Crippen MR) is 78.4 cm³/mol. The zero-order valence-corrected chi connectivity index (χ0v) is 11.7. The van der Waals surface area contributed by atoms with Gasteiger partial charge in [-0.2, -0.15) is 5.10 Å². The summed E-state index contributed by atoms with van der Waals surface area (Å²) in [5, 5.41) is 8.37. The Bertz CT molecular complexity index is 640. The fourth-order valence-electron chi connectivity index (χ4n) is 3.11. The number of hydrogen-bond donors (Lipinski definition) is 2. The van der Waals surface area contributed by atoms with Crippen LogP contribution in [0.2, 0.25) is 0 Å². The van der Waals surface area contributed by atoms with Crippen molar-refractivity contribution in [3.05, 3.63) is 30.0 Å². The van der Waals surface area contributed by atoms with E-state index in [0.29, 0.717) is 12.2 Å². The van der Waals surface area contributed by atoms with Crippen LogP contribution in [0.25, 0.3) is 10.9 Å². The highest BCUT2D eigenvalue weighted by molar-refractivity contribution is 6.05. The lowest BCUT2D eigenvalue weighted by atomic mass is 9.97. The van der Waals surface area contributed by atoms with Crippen molar-refractivity contribution in [2.45, 2.75) is 31.2 Å². The fourth-order valence-corrected chi connectivity index (χ4v) is 3.11. The molecule has 1 aromatic heterocycles. The molecule has 20 heavy (non-hydrogen) atoms. The van der Waals surface area contributed by atoms with Gasteiger partial charge in [0.25, 0.3) is 5.91 Å². The number of para-hydroxylation sites is 1. The Balaban J connectivity index is 1.93. The summed E-state index contributed by atoms with van der Waals surface area (Å²) >= 11 is 0. The quantitative estimate of drug-likeness (QED) is 0.891. The summed E-state index contributed by atoms with van der Waals surface area (Å²) in [6.07, 6.45) is 4.17. The molecule has 3 N–H and O–H groups in total. The molecule has 5 heteroatoms. The molecule has 2 aromatic rings. The summed E-state index contributed by atoms with van der Waals surface area (Å²) in [6, 6.07) is 7.77. The smallest absolute Gasteiger partial charge is 0.272 e. The van der Waals surface area contributed by atoms with E-state index in [9.17, 15) is 4.79 Å². The van der Waals surface area contributed by atoms with Crippen molar-refractivity contribution in [1.82, 2.24) is 15.1 Å². The second kappa shape index (κ2) is 4.90. The molecule has 3 rings (SSSR count). The van der Waals surface area contributed by atoms with Crippen molar-refractivity contribution in [1.29, 1.82) is 0 Å². The van der Waals surface area contributed by atoms with Gasteiger partial charge in [0.05, 0.1) is 11.1 Å². The second-order valence-corrected chi connectivity index (χ2v) is 5.64. The zero-order chi connectivity index (χ0) is 14.2. The van der Waals surface area contributed by atoms with E-state index in [-0.39, 0.29) is 11.4 Å². The molecule has 1 saturated carbocycles. The summed E-state index contributed by atoms with van der Waals surface area (Å²) in [7, 11) is 1.85. The highest BCUT2D eigenvalue weighted by atomic mass is 16.2. The standard InChI is InChI=1S/C15H20N4O/c1-19-12-7-3-2-6-11(12)13(18-19)14(20)17-15(10-16)8-4-5-9-15/h2-3,6-7H,4-5,8-10,16H2,1H3,(H,17,20). The first-order valence-electron chi connectivity index (χ1n) is 7.09. The van der Waals surface area contributed by atoms with Crippen LogP contribution in [0, 0.1) is 0 Å². The Morgan fingerprint density at radius 3 is 2.80 bits per heavy atom. The molecule has 1 aliphatic carbocycles. The van der Waals surface area contributed by atoms with Crippen LogP contribution in [-0.2, 0) is 7.05 Å². The molecule has 5 nitrogen and oxygen atoms in total. The van der Waals surface area contributed by atoms with Crippen LogP contribution in [-0.4, -0.2) is 27.8 Å². The van der Waals surface area contributed by atoms with E-state index >= 15 is 0 Å². The molecule has 1 aliphatic rings. The maximum absolute atomic E-state index is 12.5. The first-order valence-corrected chi connectivity index (χ1v) is 7.09. The number of fused-ring (bicyclic) bond motifs is 1. The maximum atomic E-state index is 12.5. The minimum absolute atomic E-state index is 0.117. The van der Waals surface area contributed by atoms with Gasteiger partial charge in [0.2, 0.25) is 0 Å². The van der Waals surface area contributed by atoms with Crippen LogP contribution in [0.15, 0.2) is 24.3 Å². The van der Waals surface area contributed by atoms with E-state index in [0.717, 1.165) is 36.6 Å². The fraction of sp³-hybridized carbons (Fsp3) is 0.467. The Morgan fingerprint density at radius 2 is 2.10 bits per heavy atom. The molecule has 0 spiro atoms. The highest BCUT2D eigenvalue weighted by Crippen LogP contribution is 2.29. The number of aryl methyl sites for hydroxylation is 1. The van der Waals surface area contributed by atoms with Crippen molar-refractivity contribution in [3.63, 3.8) is 0 Å². The predicted octanol–water partition coefficient (Wildman–Crippen LogP) is 1.57. The summed E-state index contributed by atoms with van der Waals surface area (Å²) in [5.41, 5.74) is 7.08. The SMILES string of the molecule is Cn1nc(C(=O)NC2(CN)CCCC2)c2ccccc21. The molecule has 106 valence electrons. The van der Waals surface area contributed by atoms with Gasteiger partial charge >= 0.3 is 0 Å². The minimum Gasteiger partial charge on any atom is -0.344 e. The lowest BCUT2D eigenvalue weighted by Gasteiger charge is -2.28. The van der Waals surface area contributed by atoms with E-state index in [2.05, 4.69) is 10.4 Å². The van der Waals surface area contributed by atoms with Crippen LogP contribution in [0.1, 0.15) is 36.2 Å². The number of nitrogens with zero attached hydrogens (tertiary/aromatic N) is 2. The average Bonchev–Trinajstić information content (AvgIpc) is 3.05. The molecule has 0 aliphatic heterocycles. The van der Waals surface area contributed by atoms with Gasteiger partial charge in [-0.3, -0.25) is 9.48 Å². The van der Waals surface area contributed by atoms with Gasteiger partial charge < -0.3 is 11.1 Å². The minimum atomic E-state index is -0.240. The zero-order valence-electron chi connectivity index (χ0n) is 11.7. The summed E-state index contributed by atoms with van der Waals surface area (Å²) < 4.78 is 1.74. The van der Waals surface area contributed by atoms with E-state index < -0.39 is 0 Å². The Kier molecular flexibility index (Phi) is 3.22. The monoisotopic (exact) mass is 272 g/mol. The van der Waals surface area contributed by atoms with Crippen molar-refractivity contribution in [2.24, 2.45) is 12.8 Å². The number of carbonyl (C=O) groups is 1. The van der Waals surface area contributed by atoms with Gasteiger partial charge in [-0.15, -0.1) is 0 Å². The number of rotatable bonds is 3. The Hall–Kier alpha value is -1.88.